The van der Waals surface area contributed by atoms with Gasteiger partial charge in [-0.15, -0.1) is 0 Å². The van der Waals surface area contributed by atoms with Crippen LogP contribution in [0.25, 0.3) is 0 Å². The zero-order valence-corrected chi connectivity index (χ0v) is 20.5. The molecule has 0 radical (unpaired) electrons. The fourth-order valence-electron chi connectivity index (χ4n) is 4.88. The SMILES string of the molecule is COC(=O)NCCO[C@@H](c1cccc(F)c1)C1CCCN(C(=O)NC[C@H](N)CC2CCCOC2)C1. The van der Waals surface area contributed by atoms with E-state index in [1.807, 2.05) is 6.07 Å². The molecule has 196 valence electrons. The van der Waals surface area contributed by atoms with Crippen LogP contribution in [0.15, 0.2) is 24.3 Å². The number of likely N-dealkylation sites (tertiary alicyclic amines) is 1. The van der Waals surface area contributed by atoms with Gasteiger partial charge in [-0.05, 0) is 55.7 Å². The summed E-state index contributed by atoms with van der Waals surface area (Å²) in [4.78, 5) is 26.0. The second-order valence-corrected chi connectivity index (χ2v) is 9.38. The molecule has 2 aliphatic rings. The second-order valence-electron chi connectivity index (χ2n) is 9.38. The summed E-state index contributed by atoms with van der Waals surface area (Å²) in [5.41, 5.74) is 6.98. The monoisotopic (exact) mass is 494 g/mol. The number of carbonyl (C=O) groups excluding carboxylic acids is 2. The first-order chi connectivity index (χ1) is 17.0. The van der Waals surface area contributed by atoms with E-state index in [4.69, 9.17) is 15.2 Å². The maximum absolute atomic E-state index is 14.0. The van der Waals surface area contributed by atoms with Gasteiger partial charge in [0.2, 0.25) is 0 Å². The van der Waals surface area contributed by atoms with Crippen molar-refractivity contribution in [1.29, 1.82) is 0 Å². The summed E-state index contributed by atoms with van der Waals surface area (Å²) in [7, 11) is 1.30. The molecule has 9 nitrogen and oxygen atoms in total. The van der Waals surface area contributed by atoms with Crippen molar-refractivity contribution >= 4 is 12.1 Å². The highest BCUT2D eigenvalue weighted by Gasteiger charge is 2.31. The first kappa shape index (κ1) is 27.2. The van der Waals surface area contributed by atoms with E-state index >= 15 is 0 Å². The molecular weight excluding hydrogens is 455 g/mol. The highest BCUT2D eigenvalue weighted by Crippen LogP contribution is 2.33. The fourth-order valence-corrected chi connectivity index (χ4v) is 4.88. The van der Waals surface area contributed by atoms with Gasteiger partial charge in [-0.25, -0.2) is 14.0 Å². The van der Waals surface area contributed by atoms with Crippen LogP contribution in [0.5, 0.6) is 0 Å². The Kier molecular flexibility index (Phi) is 11.0. The third kappa shape index (κ3) is 8.94. The Bertz CT molecular complexity index is 808. The van der Waals surface area contributed by atoms with Gasteiger partial charge >= 0.3 is 12.1 Å². The lowest BCUT2D eigenvalue weighted by atomic mass is 9.88. The standard InChI is InChI=1S/C25H39FN4O5/c1-33-25(32)28-9-12-35-23(19-6-2-8-21(26)14-19)20-7-3-10-30(16-20)24(31)29-15-22(27)13-18-5-4-11-34-17-18/h2,6,8,14,18,20,22-23H,3-5,7,9-13,15-17,27H2,1H3,(H,28,32)(H,29,31)/t18?,20?,22-,23+/m1/s1. The largest absolute Gasteiger partial charge is 0.453 e. The lowest BCUT2D eigenvalue weighted by molar-refractivity contribution is -0.00865. The molecular formula is C25H39FN4O5. The van der Waals surface area contributed by atoms with Gasteiger partial charge in [0, 0.05) is 51.4 Å². The molecule has 3 amide bonds. The molecule has 3 rings (SSSR count). The number of benzene rings is 1. The van der Waals surface area contributed by atoms with Crippen molar-refractivity contribution in [2.45, 2.75) is 44.2 Å². The molecule has 2 aliphatic heterocycles. The van der Waals surface area contributed by atoms with Gasteiger partial charge in [0.15, 0.2) is 0 Å². The maximum atomic E-state index is 14.0. The number of rotatable bonds is 10. The van der Waals surface area contributed by atoms with Gasteiger partial charge in [-0.1, -0.05) is 12.1 Å². The topological polar surface area (TPSA) is 115 Å². The van der Waals surface area contributed by atoms with E-state index < -0.39 is 12.2 Å². The van der Waals surface area contributed by atoms with E-state index in [1.165, 1.54) is 19.2 Å². The Morgan fingerprint density at radius 2 is 2.14 bits per heavy atom. The fraction of sp³-hybridized carbons (Fsp3) is 0.680. The summed E-state index contributed by atoms with van der Waals surface area (Å²) in [6.45, 7) is 3.61. The van der Waals surface area contributed by atoms with Crippen LogP contribution in [0.2, 0.25) is 0 Å². The van der Waals surface area contributed by atoms with Crippen LogP contribution in [-0.2, 0) is 14.2 Å². The normalized spacial score (nSPS) is 22.2. The molecule has 0 spiro atoms. The average molecular weight is 495 g/mol. The number of methoxy groups -OCH3 is 1. The number of hydrogen-bond donors (Lipinski definition) is 3. The molecule has 0 aromatic heterocycles. The molecule has 2 heterocycles. The molecule has 35 heavy (non-hydrogen) atoms. The third-order valence-corrected chi connectivity index (χ3v) is 6.61. The van der Waals surface area contributed by atoms with Crippen molar-refractivity contribution in [3.63, 3.8) is 0 Å². The molecule has 1 aromatic rings. The van der Waals surface area contributed by atoms with Gasteiger partial charge in [0.25, 0.3) is 0 Å². The summed E-state index contributed by atoms with van der Waals surface area (Å²) in [5.74, 6) is 0.0990. The number of alkyl carbamates (subject to hydrolysis) is 1. The summed E-state index contributed by atoms with van der Waals surface area (Å²) in [5, 5.41) is 5.56. The van der Waals surface area contributed by atoms with E-state index in [2.05, 4.69) is 15.4 Å². The molecule has 2 fully saturated rings. The molecule has 4 N–H and O–H groups in total. The Balaban J connectivity index is 1.54. The number of carbonyl (C=O) groups is 2. The minimum Gasteiger partial charge on any atom is -0.453 e. The Morgan fingerprint density at radius 1 is 1.29 bits per heavy atom. The third-order valence-electron chi connectivity index (χ3n) is 6.61. The molecule has 4 atom stereocenters. The molecule has 0 saturated carbocycles. The molecule has 10 heteroatoms. The number of piperidine rings is 1. The number of nitrogens with one attached hydrogen (secondary N) is 2. The van der Waals surface area contributed by atoms with Crippen molar-refractivity contribution < 1.29 is 28.2 Å². The highest BCUT2D eigenvalue weighted by atomic mass is 19.1. The zero-order valence-electron chi connectivity index (χ0n) is 20.5. The van der Waals surface area contributed by atoms with E-state index in [-0.39, 0.29) is 37.0 Å². The number of amides is 3. The van der Waals surface area contributed by atoms with E-state index in [9.17, 15) is 14.0 Å². The smallest absolute Gasteiger partial charge is 0.406 e. The minimum absolute atomic E-state index is 0.0116. The van der Waals surface area contributed by atoms with Gasteiger partial charge in [0.1, 0.15) is 5.82 Å². The summed E-state index contributed by atoms with van der Waals surface area (Å²) in [6.07, 6.45) is 3.73. The van der Waals surface area contributed by atoms with Crippen LogP contribution in [0.3, 0.4) is 0 Å². The first-order valence-corrected chi connectivity index (χ1v) is 12.5. The van der Waals surface area contributed by atoms with Crippen molar-refractivity contribution in [3.8, 4) is 0 Å². The van der Waals surface area contributed by atoms with Gasteiger partial charge in [0.05, 0.1) is 19.8 Å². The molecule has 1 aromatic carbocycles. The Labute approximate surface area is 206 Å². The highest BCUT2D eigenvalue weighted by molar-refractivity contribution is 5.74. The second kappa shape index (κ2) is 14.2. The van der Waals surface area contributed by atoms with E-state index in [1.54, 1.807) is 11.0 Å². The van der Waals surface area contributed by atoms with Crippen LogP contribution >= 0.6 is 0 Å². The Morgan fingerprint density at radius 3 is 2.89 bits per heavy atom. The van der Waals surface area contributed by atoms with Gasteiger partial charge < -0.3 is 35.5 Å². The van der Waals surface area contributed by atoms with Crippen molar-refractivity contribution in [3.05, 3.63) is 35.6 Å². The molecule has 2 unspecified atom stereocenters. The average Bonchev–Trinajstić information content (AvgIpc) is 2.87. The van der Waals surface area contributed by atoms with Crippen molar-refractivity contribution in [2.75, 3.05) is 53.1 Å². The van der Waals surface area contributed by atoms with Crippen molar-refractivity contribution in [2.24, 2.45) is 17.6 Å². The lowest BCUT2D eigenvalue weighted by Gasteiger charge is -2.37. The molecule has 0 aliphatic carbocycles. The number of ether oxygens (including phenoxy) is 3. The maximum Gasteiger partial charge on any atom is 0.406 e. The van der Waals surface area contributed by atoms with Gasteiger partial charge in [-0.3, -0.25) is 0 Å². The summed E-state index contributed by atoms with van der Waals surface area (Å²) >= 11 is 0. The predicted molar refractivity (Wildman–Crippen MR) is 129 cm³/mol. The lowest BCUT2D eigenvalue weighted by Crippen LogP contribution is -2.49. The summed E-state index contributed by atoms with van der Waals surface area (Å²) in [6, 6.07) is 6.08. The molecule has 2 saturated heterocycles. The minimum atomic E-state index is -0.536. The van der Waals surface area contributed by atoms with Crippen LogP contribution in [0, 0.1) is 17.7 Å². The number of urea groups is 1. The van der Waals surface area contributed by atoms with Crippen LogP contribution in [0.1, 0.15) is 43.8 Å². The van der Waals surface area contributed by atoms with Crippen LogP contribution < -0.4 is 16.4 Å². The van der Waals surface area contributed by atoms with E-state index in [0.717, 1.165) is 45.3 Å². The zero-order chi connectivity index (χ0) is 25.0. The van der Waals surface area contributed by atoms with Crippen LogP contribution in [-0.4, -0.2) is 76.2 Å². The van der Waals surface area contributed by atoms with Gasteiger partial charge in [-0.2, -0.15) is 0 Å². The quantitative estimate of drug-likeness (QED) is 0.431. The number of nitrogens with zero attached hydrogens (tertiary/aromatic N) is 1. The first-order valence-electron chi connectivity index (χ1n) is 12.5. The van der Waals surface area contributed by atoms with Crippen molar-refractivity contribution in [1.82, 2.24) is 15.5 Å². The van der Waals surface area contributed by atoms with Crippen LogP contribution in [0.4, 0.5) is 14.0 Å². The number of nitrogens with two attached hydrogens (primary N) is 1. The number of halogens is 1. The summed E-state index contributed by atoms with van der Waals surface area (Å²) < 4.78 is 30.2. The Hall–Kier alpha value is -2.43. The number of hydrogen-bond acceptors (Lipinski definition) is 6. The van der Waals surface area contributed by atoms with E-state index in [0.29, 0.717) is 31.1 Å². The predicted octanol–water partition coefficient (Wildman–Crippen LogP) is 2.81. The molecule has 0 bridgehead atoms.